The molecule has 3 rings (SSSR count). The summed E-state index contributed by atoms with van der Waals surface area (Å²) in [6.45, 7) is 3.53. The summed E-state index contributed by atoms with van der Waals surface area (Å²) in [5.74, 6) is 0.484. The molecule has 21 heavy (non-hydrogen) atoms. The Morgan fingerprint density at radius 3 is 2.95 bits per heavy atom. The van der Waals surface area contributed by atoms with Crippen molar-refractivity contribution in [3.05, 3.63) is 11.9 Å². The van der Waals surface area contributed by atoms with Crippen molar-refractivity contribution in [1.82, 2.24) is 24.9 Å². The number of nitrogens with zero attached hydrogens (tertiary/aromatic N) is 4. The number of rotatable bonds is 5. The summed E-state index contributed by atoms with van der Waals surface area (Å²) < 4.78 is 3.84. The summed E-state index contributed by atoms with van der Waals surface area (Å²) in [4.78, 5) is 11.9. The smallest absolute Gasteiger partial charge is 0.223 e. The fourth-order valence-corrected chi connectivity index (χ4v) is 3.25. The molecule has 0 atom stereocenters. The number of carbonyl (C=O) groups is 1. The predicted octanol–water partition coefficient (Wildman–Crippen LogP) is 1.77. The number of aromatic nitrogens is 4. The molecule has 0 radical (unpaired) electrons. The van der Waals surface area contributed by atoms with Crippen LogP contribution in [0.4, 0.5) is 0 Å². The zero-order valence-corrected chi connectivity index (χ0v) is 12.8. The second kappa shape index (κ2) is 5.87. The number of hydrogen-bond acceptors (Lipinski definition) is 3. The predicted molar refractivity (Wildman–Crippen MR) is 80.8 cm³/mol. The van der Waals surface area contributed by atoms with Crippen LogP contribution in [0.25, 0.3) is 11.0 Å². The topological polar surface area (TPSA) is 64.7 Å². The number of aryl methyl sites for hydroxylation is 3. The normalized spacial score (nSPS) is 15.9. The third kappa shape index (κ3) is 2.80. The van der Waals surface area contributed by atoms with Gasteiger partial charge in [-0.2, -0.15) is 10.2 Å². The van der Waals surface area contributed by atoms with Crippen molar-refractivity contribution < 1.29 is 4.79 Å². The standard InChI is InChI=1S/C15H23N5O/c1-11-14-13(19(2)18-11)10-17-20(14)9-5-8-16-15(21)12-6-3-4-7-12/h10,12H,3-9H2,1-2H3,(H,16,21). The van der Waals surface area contributed by atoms with Gasteiger partial charge in [-0.15, -0.1) is 0 Å². The SMILES string of the molecule is Cc1nn(C)c2cnn(CCCNC(=O)C3CCCC3)c12. The highest BCUT2D eigenvalue weighted by atomic mass is 16.1. The third-order valence-corrected chi connectivity index (χ3v) is 4.38. The Kier molecular flexibility index (Phi) is 3.94. The lowest BCUT2D eigenvalue weighted by Crippen LogP contribution is -2.30. The van der Waals surface area contributed by atoms with Crippen molar-refractivity contribution in [1.29, 1.82) is 0 Å². The molecule has 6 heteroatoms. The molecular weight excluding hydrogens is 266 g/mol. The molecule has 1 fully saturated rings. The van der Waals surface area contributed by atoms with Crippen molar-refractivity contribution in [3.63, 3.8) is 0 Å². The van der Waals surface area contributed by atoms with Gasteiger partial charge in [-0.3, -0.25) is 14.2 Å². The molecule has 1 aliphatic carbocycles. The Morgan fingerprint density at radius 1 is 1.43 bits per heavy atom. The molecule has 1 saturated carbocycles. The molecule has 0 aliphatic heterocycles. The molecule has 2 heterocycles. The fraction of sp³-hybridized carbons (Fsp3) is 0.667. The van der Waals surface area contributed by atoms with Crippen molar-refractivity contribution in [2.75, 3.05) is 6.54 Å². The summed E-state index contributed by atoms with van der Waals surface area (Å²) >= 11 is 0. The molecule has 0 spiro atoms. The van der Waals surface area contributed by atoms with Gasteiger partial charge >= 0.3 is 0 Å². The first-order valence-electron chi connectivity index (χ1n) is 7.79. The summed E-state index contributed by atoms with van der Waals surface area (Å²) in [5, 5.41) is 11.9. The van der Waals surface area contributed by atoms with E-state index >= 15 is 0 Å². The van der Waals surface area contributed by atoms with E-state index in [1.807, 2.05) is 29.5 Å². The van der Waals surface area contributed by atoms with Crippen LogP contribution in [0.2, 0.25) is 0 Å². The maximum Gasteiger partial charge on any atom is 0.223 e. The maximum absolute atomic E-state index is 11.9. The summed E-state index contributed by atoms with van der Waals surface area (Å²) in [7, 11) is 1.93. The first kappa shape index (κ1) is 14.1. The number of nitrogens with one attached hydrogen (secondary N) is 1. The third-order valence-electron chi connectivity index (χ3n) is 4.38. The highest BCUT2D eigenvalue weighted by Gasteiger charge is 2.21. The molecule has 2 aromatic rings. The summed E-state index contributed by atoms with van der Waals surface area (Å²) in [5.41, 5.74) is 3.15. The number of fused-ring (bicyclic) bond motifs is 1. The lowest BCUT2D eigenvalue weighted by atomic mass is 10.1. The molecule has 2 aromatic heterocycles. The van der Waals surface area contributed by atoms with Gasteiger partial charge in [0.05, 0.1) is 11.9 Å². The van der Waals surface area contributed by atoms with Gasteiger partial charge < -0.3 is 5.32 Å². The molecule has 0 bridgehead atoms. The van der Waals surface area contributed by atoms with Crippen LogP contribution in [-0.2, 0) is 18.4 Å². The number of amides is 1. The summed E-state index contributed by atoms with van der Waals surface area (Å²) in [6, 6.07) is 0. The van der Waals surface area contributed by atoms with E-state index in [1.54, 1.807) is 0 Å². The molecule has 1 aliphatic rings. The molecule has 1 N–H and O–H groups in total. The quantitative estimate of drug-likeness (QED) is 0.853. The second-order valence-electron chi connectivity index (χ2n) is 5.94. The molecule has 1 amide bonds. The highest BCUT2D eigenvalue weighted by molar-refractivity contribution is 5.79. The molecule has 0 unspecified atom stereocenters. The van der Waals surface area contributed by atoms with Crippen molar-refractivity contribution in [2.24, 2.45) is 13.0 Å². The minimum Gasteiger partial charge on any atom is -0.356 e. The van der Waals surface area contributed by atoms with E-state index in [-0.39, 0.29) is 11.8 Å². The van der Waals surface area contributed by atoms with Crippen molar-refractivity contribution >= 4 is 16.9 Å². The lowest BCUT2D eigenvalue weighted by Gasteiger charge is -2.10. The van der Waals surface area contributed by atoms with E-state index in [4.69, 9.17) is 0 Å². The van der Waals surface area contributed by atoms with Gasteiger partial charge in [-0.1, -0.05) is 12.8 Å². The van der Waals surface area contributed by atoms with Crippen LogP contribution < -0.4 is 5.32 Å². The van der Waals surface area contributed by atoms with E-state index in [9.17, 15) is 4.79 Å². The van der Waals surface area contributed by atoms with Gasteiger partial charge in [-0.05, 0) is 26.2 Å². The average Bonchev–Trinajstić information content (AvgIpc) is 3.15. The van der Waals surface area contributed by atoms with Crippen molar-refractivity contribution in [3.8, 4) is 0 Å². The van der Waals surface area contributed by atoms with Crippen LogP contribution in [0, 0.1) is 12.8 Å². The first-order valence-corrected chi connectivity index (χ1v) is 7.79. The Bertz CT molecular complexity index is 636. The van der Waals surface area contributed by atoms with E-state index in [0.29, 0.717) is 0 Å². The van der Waals surface area contributed by atoms with Crippen LogP contribution in [-0.4, -0.2) is 32.0 Å². The zero-order valence-electron chi connectivity index (χ0n) is 12.8. The minimum atomic E-state index is 0.232. The lowest BCUT2D eigenvalue weighted by molar-refractivity contribution is -0.124. The van der Waals surface area contributed by atoms with E-state index in [0.717, 1.165) is 49.1 Å². The van der Waals surface area contributed by atoms with E-state index in [2.05, 4.69) is 15.5 Å². The van der Waals surface area contributed by atoms with Crippen molar-refractivity contribution in [2.45, 2.75) is 45.6 Å². The molecule has 114 valence electrons. The Hall–Kier alpha value is -1.85. The van der Waals surface area contributed by atoms with Crippen LogP contribution in [0.3, 0.4) is 0 Å². The van der Waals surface area contributed by atoms with Crippen LogP contribution in [0.15, 0.2) is 6.20 Å². The average molecular weight is 289 g/mol. The van der Waals surface area contributed by atoms with Gasteiger partial charge in [0.25, 0.3) is 0 Å². The molecular formula is C15H23N5O. The number of carbonyl (C=O) groups excluding carboxylic acids is 1. The minimum absolute atomic E-state index is 0.232. The molecule has 0 saturated heterocycles. The molecule has 0 aromatic carbocycles. The van der Waals surface area contributed by atoms with E-state index < -0.39 is 0 Å². The highest BCUT2D eigenvalue weighted by Crippen LogP contribution is 2.24. The van der Waals surface area contributed by atoms with Gasteiger partial charge in [0, 0.05) is 26.1 Å². The van der Waals surface area contributed by atoms with Crippen LogP contribution in [0.5, 0.6) is 0 Å². The Balaban J connectivity index is 1.51. The fourth-order valence-electron chi connectivity index (χ4n) is 3.25. The first-order chi connectivity index (χ1) is 10.2. The largest absolute Gasteiger partial charge is 0.356 e. The maximum atomic E-state index is 11.9. The second-order valence-corrected chi connectivity index (χ2v) is 5.94. The Labute approximate surface area is 124 Å². The monoisotopic (exact) mass is 289 g/mol. The van der Waals surface area contributed by atoms with E-state index in [1.165, 1.54) is 12.8 Å². The summed E-state index contributed by atoms with van der Waals surface area (Å²) in [6.07, 6.45) is 7.25. The van der Waals surface area contributed by atoms with Gasteiger partial charge in [0.1, 0.15) is 11.0 Å². The Morgan fingerprint density at radius 2 is 2.19 bits per heavy atom. The zero-order chi connectivity index (χ0) is 14.8. The van der Waals surface area contributed by atoms with Gasteiger partial charge in [0.15, 0.2) is 0 Å². The number of hydrogen-bond donors (Lipinski definition) is 1. The van der Waals surface area contributed by atoms with Gasteiger partial charge in [0.2, 0.25) is 5.91 Å². The van der Waals surface area contributed by atoms with Gasteiger partial charge in [-0.25, -0.2) is 0 Å². The van der Waals surface area contributed by atoms with Crippen LogP contribution >= 0.6 is 0 Å². The molecule has 6 nitrogen and oxygen atoms in total. The van der Waals surface area contributed by atoms with Crippen LogP contribution in [0.1, 0.15) is 37.8 Å².